The second kappa shape index (κ2) is 10.5. The third-order valence-corrected chi connectivity index (χ3v) is 9.24. The van der Waals surface area contributed by atoms with E-state index in [-0.39, 0.29) is 54.8 Å². The highest BCUT2D eigenvalue weighted by molar-refractivity contribution is 7.86. The summed E-state index contributed by atoms with van der Waals surface area (Å²) in [5.74, 6) is -1.44. The molecule has 14 nitrogen and oxygen atoms in total. The quantitative estimate of drug-likeness (QED) is 0.162. The Morgan fingerprint density at radius 3 is 1.63 bits per heavy atom. The molecular weight excluding hydrogens is 640 g/mol. The SMILES string of the molecule is C=c1[nH]n(-c2ccc(S(=O)(=O)O)cc2)c(=O)c1=C1C(C(=O)O)=C(c2c(C)[nH]n(-c3ccc(S(=O)(=O)O)cc3)c2=O)c2ccccc21. The molecule has 5 aromatic rings. The molecule has 0 fully saturated rings. The van der Waals surface area contributed by atoms with E-state index in [2.05, 4.69) is 16.8 Å². The van der Waals surface area contributed by atoms with Crippen LogP contribution in [0.15, 0.2) is 97.7 Å². The normalized spacial score (nSPS) is 14.5. The standard InChI is InChI=1S/C30H22N4O10S2/c1-15-23(28(35)33(31-15)17-7-11-19(12-8-17)45(39,40)41)25-21-5-3-4-6-22(21)26(27(25)30(37)38)24-16(2)32-34(29(24)36)18-9-13-20(14-10-18)46(42,43)44/h3-14,31-32H,1H2,2H3,(H,37,38)(H,39,40,41)(H,42,43,44). The van der Waals surface area contributed by atoms with Gasteiger partial charge < -0.3 is 5.11 Å². The van der Waals surface area contributed by atoms with Crippen LogP contribution in [0.3, 0.4) is 0 Å². The Labute approximate surface area is 259 Å². The lowest BCUT2D eigenvalue weighted by Crippen LogP contribution is -2.37. The Bertz CT molecular complexity index is 2610. The van der Waals surface area contributed by atoms with Gasteiger partial charge in [-0.2, -0.15) is 16.8 Å². The fourth-order valence-electron chi connectivity index (χ4n) is 5.53. The summed E-state index contributed by atoms with van der Waals surface area (Å²) in [6.07, 6.45) is 0. The number of benzene rings is 3. The van der Waals surface area contributed by atoms with E-state index in [1.54, 1.807) is 31.2 Å². The molecule has 0 saturated carbocycles. The molecule has 46 heavy (non-hydrogen) atoms. The molecule has 5 N–H and O–H groups in total. The smallest absolute Gasteiger partial charge is 0.337 e. The number of hydrogen-bond donors (Lipinski definition) is 5. The zero-order chi connectivity index (χ0) is 33.3. The van der Waals surface area contributed by atoms with E-state index >= 15 is 0 Å². The van der Waals surface area contributed by atoms with Gasteiger partial charge in [-0.1, -0.05) is 30.8 Å². The highest BCUT2D eigenvalue weighted by Crippen LogP contribution is 2.43. The zero-order valence-electron chi connectivity index (χ0n) is 23.5. The first-order valence-electron chi connectivity index (χ1n) is 13.2. The van der Waals surface area contributed by atoms with Gasteiger partial charge >= 0.3 is 5.97 Å². The summed E-state index contributed by atoms with van der Waals surface area (Å²) in [6.45, 7) is 5.47. The van der Waals surface area contributed by atoms with Gasteiger partial charge in [0.2, 0.25) is 0 Å². The Hall–Kier alpha value is -5.55. The maximum Gasteiger partial charge on any atom is 0.337 e. The average Bonchev–Trinajstić information content (AvgIpc) is 3.59. The molecule has 3 aromatic carbocycles. The molecule has 1 aliphatic rings. The van der Waals surface area contributed by atoms with Gasteiger partial charge in [0.05, 0.1) is 42.9 Å². The maximum absolute atomic E-state index is 13.9. The van der Waals surface area contributed by atoms with Gasteiger partial charge in [0.15, 0.2) is 0 Å². The predicted octanol–water partition coefficient (Wildman–Crippen LogP) is 0.956. The van der Waals surface area contributed by atoms with Crippen LogP contribution in [0.25, 0.3) is 29.1 Å². The summed E-state index contributed by atoms with van der Waals surface area (Å²) in [5.41, 5.74) is -0.353. The molecule has 2 heterocycles. The first kappa shape index (κ1) is 30.5. The molecule has 0 aliphatic heterocycles. The van der Waals surface area contributed by atoms with Gasteiger partial charge in [-0.15, -0.1) is 0 Å². The largest absolute Gasteiger partial charge is 0.478 e. The Morgan fingerprint density at radius 1 is 0.717 bits per heavy atom. The van der Waals surface area contributed by atoms with Crippen molar-refractivity contribution in [3.05, 3.63) is 132 Å². The van der Waals surface area contributed by atoms with Crippen LogP contribution in [0.5, 0.6) is 0 Å². The highest BCUT2D eigenvalue weighted by atomic mass is 32.2. The molecule has 2 aromatic heterocycles. The number of fused-ring (bicyclic) bond motifs is 1. The fourth-order valence-corrected chi connectivity index (χ4v) is 6.49. The molecule has 0 unspecified atom stereocenters. The number of aliphatic carboxylic acids is 1. The van der Waals surface area contributed by atoms with Crippen LogP contribution in [-0.4, -0.2) is 56.6 Å². The van der Waals surface area contributed by atoms with Crippen LogP contribution in [0.1, 0.15) is 22.4 Å². The van der Waals surface area contributed by atoms with Crippen molar-refractivity contribution < 1.29 is 35.8 Å². The molecule has 1 aliphatic carbocycles. The molecule has 0 amide bonds. The lowest BCUT2D eigenvalue weighted by molar-refractivity contribution is -0.132. The van der Waals surface area contributed by atoms with Crippen molar-refractivity contribution in [2.45, 2.75) is 16.7 Å². The van der Waals surface area contributed by atoms with Crippen LogP contribution in [0.4, 0.5) is 0 Å². The number of aromatic amines is 2. The van der Waals surface area contributed by atoms with Gasteiger partial charge in [0.1, 0.15) is 0 Å². The minimum atomic E-state index is -4.49. The molecule has 0 saturated heterocycles. The van der Waals surface area contributed by atoms with E-state index in [4.69, 9.17) is 0 Å². The van der Waals surface area contributed by atoms with Crippen molar-refractivity contribution in [2.75, 3.05) is 0 Å². The van der Waals surface area contributed by atoms with Crippen molar-refractivity contribution >= 4 is 43.9 Å². The topological polar surface area (TPSA) is 222 Å². The van der Waals surface area contributed by atoms with Crippen LogP contribution >= 0.6 is 0 Å². The summed E-state index contributed by atoms with van der Waals surface area (Å²) in [5, 5.41) is 16.2. The molecule has 0 spiro atoms. The van der Waals surface area contributed by atoms with Crippen molar-refractivity contribution in [1.29, 1.82) is 0 Å². The van der Waals surface area contributed by atoms with Gasteiger partial charge in [0.25, 0.3) is 31.4 Å². The molecule has 6 rings (SSSR count). The van der Waals surface area contributed by atoms with E-state index in [0.717, 1.165) is 33.6 Å². The molecule has 0 bridgehead atoms. The van der Waals surface area contributed by atoms with E-state index in [9.17, 15) is 45.4 Å². The van der Waals surface area contributed by atoms with E-state index in [1.807, 2.05) is 0 Å². The summed E-state index contributed by atoms with van der Waals surface area (Å²) in [4.78, 5) is 40.0. The predicted molar refractivity (Wildman–Crippen MR) is 165 cm³/mol. The lowest BCUT2D eigenvalue weighted by Gasteiger charge is -2.04. The minimum Gasteiger partial charge on any atom is -0.478 e. The molecule has 234 valence electrons. The average molecular weight is 663 g/mol. The number of rotatable bonds is 6. The Kier molecular flexibility index (Phi) is 6.97. The highest BCUT2D eigenvalue weighted by Gasteiger charge is 2.36. The number of nitrogens with one attached hydrogen (secondary N) is 2. The van der Waals surface area contributed by atoms with Gasteiger partial charge in [-0.3, -0.25) is 28.9 Å². The molecular formula is C30H22N4O10S2. The summed E-state index contributed by atoms with van der Waals surface area (Å²) in [7, 11) is -8.98. The van der Waals surface area contributed by atoms with Crippen molar-refractivity contribution in [1.82, 2.24) is 19.6 Å². The summed E-state index contributed by atoms with van der Waals surface area (Å²) in [6, 6.07) is 16.0. The third kappa shape index (κ3) is 4.85. The second-order valence-electron chi connectivity index (χ2n) is 10.3. The number of carboxylic acids is 1. The summed E-state index contributed by atoms with van der Waals surface area (Å²) < 4.78 is 66.6. The van der Waals surface area contributed by atoms with Crippen LogP contribution in [0, 0.1) is 6.92 Å². The van der Waals surface area contributed by atoms with Gasteiger partial charge in [0, 0.05) is 16.8 Å². The minimum absolute atomic E-state index is 0.00158. The second-order valence-corrected chi connectivity index (χ2v) is 13.1. The van der Waals surface area contributed by atoms with Crippen molar-refractivity contribution in [3.8, 4) is 11.4 Å². The molecule has 0 radical (unpaired) electrons. The lowest BCUT2D eigenvalue weighted by atomic mass is 9.98. The zero-order valence-corrected chi connectivity index (χ0v) is 25.2. The van der Waals surface area contributed by atoms with Crippen LogP contribution in [-0.2, 0) is 25.0 Å². The van der Waals surface area contributed by atoms with Gasteiger partial charge in [-0.25, -0.2) is 14.2 Å². The van der Waals surface area contributed by atoms with Crippen LogP contribution < -0.4 is 21.7 Å². The Morgan fingerprint density at radius 2 is 1.17 bits per heavy atom. The van der Waals surface area contributed by atoms with Crippen molar-refractivity contribution in [3.63, 3.8) is 0 Å². The number of hydrogen-bond acceptors (Lipinski definition) is 7. The number of carbonyl (C=O) groups is 1. The van der Waals surface area contributed by atoms with E-state index in [0.29, 0.717) is 11.1 Å². The van der Waals surface area contributed by atoms with Crippen molar-refractivity contribution in [2.24, 2.45) is 0 Å². The first-order valence-corrected chi connectivity index (χ1v) is 16.1. The molecule has 0 atom stereocenters. The van der Waals surface area contributed by atoms with E-state index < -0.39 is 42.2 Å². The van der Waals surface area contributed by atoms with Crippen LogP contribution in [0.2, 0.25) is 0 Å². The number of aromatic nitrogens is 4. The fraction of sp³-hybridized carbons (Fsp3) is 0.0333. The van der Waals surface area contributed by atoms with E-state index in [1.165, 1.54) is 24.3 Å². The summed E-state index contributed by atoms with van der Waals surface area (Å²) >= 11 is 0. The monoisotopic (exact) mass is 662 g/mol. The number of carboxylic acid groups (broad SMARTS) is 1. The number of H-pyrrole nitrogens is 2. The molecule has 16 heteroatoms. The first-order chi connectivity index (χ1) is 21.6. The Balaban J connectivity index is 1.63. The van der Waals surface area contributed by atoms with Gasteiger partial charge in [-0.05, 0) is 66.6 Å². The number of aryl methyl sites for hydroxylation is 1. The number of nitrogens with zero attached hydrogens (tertiary/aromatic N) is 2. The third-order valence-electron chi connectivity index (χ3n) is 7.50. The maximum atomic E-state index is 13.9.